The second-order valence-electron chi connectivity index (χ2n) is 4.36. The summed E-state index contributed by atoms with van der Waals surface area (Å²) in [5.74, 6) is 1.03. The lowest BCUT2D eigenvalue weighted by molar-refractivity contribution is -0.118. The van der Waals surface area contributed by atoms with Crippen LogP contribution in [0.3, 0.4) is 0 Å². The molecule has 0 bridgehead atoms. The van der Waals surface area contributed by atoms with Crippen LogP contribution >= 0.6 is 0 Å². The Hall–Kier alpha value is -3.01. The molecule has 0 saturated heterocycles. The molecule has 1 aromatic carbocycles. The number of nitrogens with one attached hydrogen (secondary N) is 1. The summed E-state index contributed by atoms with van der Waals surface area (Å²) in [6, 6.07) is 9.08. The van der Waals surface area contributed by atoms with Crippen molar-refractivity contribution in [1.82, 2.24) is 9.78 Å². The average Bonchev–Trinajstić information content (AvgIpc) is 2.87. The minimum atomic E-state index is -0.383. The Balaban J connectivity index is 1.99. The molecule has 0 aliphatic carbocycles. The van der Waals surface area contributed by atoms with Crippen molar-refractivity contribution >= 4 is 11.7 Å². The molecule has 7 heteroatoms. The van der Waals surface area contributed by atoms with E-state index in [2.05, 4.69) is 10.4 Å². The zero-order valence-electron chi connectivity index (χ0n) is 12.4. The smallest absolute Gasteiger partial charge is 0.263 e. The molecular formula is C15H16N4O3. The number of aryl methyl sites for hydroxylation is 1. The fourth-order valence-electron chi connectivity index (χ4n) is 1.82. The molecule has 2 rings (SSSR count). The van der Waals surface area contributed by atoms with Gasteiger partial charge >= 0.3 is 0 Å². The van der Waals surface area contributed by atoms with Crippen LogP contribution < -0.4 is 14.8 Å². The molecule has 0 aliphatic rings. The Morgan fingerprint density at radius 3 is 2.68 bits per heavy atom. The molecule has 0 radical (unpaired) electrons. The third-order valence-corrected chi connectivity index (χ3v) is 2.82. The monoisotopic (exact) mass is 300 g/mol. The van der Waals surface area contributed by atoms with Crippen LogP contribution in [0.2, 0.25) is 0 Å². The molecule has 0 saturated carbocycles. The standard InChI is InChI=1S/C15H16N4O3/c1-3-21-12-6-4-5-7-13(12)22-10-14(20)18-15-11(8-16)9-17-19(15)2/h4-7,9H,3,10H2,1-2H3,(H,18,20). The summed E-state index contributed by atoms with van der Waals surface area (Å²) in [7, 11) is 1.64. The summed E-state index contributed by atoms with van der Waals surface area (Å²) in [6.07, 6.45) is 1.39. The SMILES string of the molecule is CCOc1ccccc1OCC(=O)Nc1c(C#N)cnn1C. The zero-order valence-corrected chi connectivity index (χ0v) is 12.4. The van der Waals surface area contributed by atoms with Gasteiger partial charge in [0.25, 0.3) is 5.91 Å². The van der Waals surface area contributed by atoms with Crippen LogP contribution in [0.25, 0.3) is 0 Å². The number of nitrogens with zero attached hydrogens (tertiary/aromatic N) is 3. The maximum absolute atomic E-state index is 11.9. The number of nitriles is 1. The number of rotatable bonds is 6. The molecule has 0 unspecified atom stereocenters. The van der Waals surface area contributed by atoms with Gasteiger partial charge in [-0.2, -0.15) is 10.4 Å². The van der Waals surface area contributed by atoms with Gasteiger partial charge in [0.2, 0.25) is 0 Å². The first-order chi connectivity index (χ1) is 10.7. The maximum Gasteiger partial charge on any atom is 0.263 e. The third kappa shape index (κ3) is 3.55. The number of para-hydroxylation sites is 2. The van der Waals surface area contributed by atoms with Crippen LogP contribution in [0.5, 0.6) is 11.5 Å². The van der Waals surface area contributed by atoms with Crippen LogP contribution in [0.1, 0.15) is 12.5 Å². The number of carbonyl (C=O) groups is 1. The van der Waals surface area contributed by atoms with E-state index in [0.717, 1.165) is 0 Å². The van der Waals surface area contributed by atoms with E-state index >= 15 is 0 Å². The van der Waals surface area contributed by atoms with Gasteiger partial charge in [0.05, 0.1) is 12.8 Å². The Kier molecular flexibility index (Phi) is 4.98. The third-order valence-electron chi connectivity index (χ3n) is 2.82. The van der Waals surface area contributed by atoms with E-state index in [9.17, 15) is 4.79 Å². The summed E-state index contributed by atoms with van der Waals surface area (Å²) in [6.45, 7) is 2.18. The first-order valence-corrected chi connectivity index (χ1v) is 6.72. The van der Waals surface area contributed by atoms with Gasteiger partial charge in [-0.3, -0.25) is 9.48 Å². The molecule has 1 aromatic heterocycles. The van der Waals surface area contributed by atoms with E-state index in [1.165, 1.54) is 10.9 Å². The quantitative estimate of drug-likeness (QED) is 0.877. The van der Waals surface area contributed by atoms with E-state index in [0.29, 0.717) is 29.5 Å². The number of hydrogen-bond acceptors (Lipinski definition) is 5. The molecule has 114 valence electrons. The van der Waals surface area contributed by atoms with Crippen LogP contribution in [-0.4, -0.2) is 28.9 Å². The highest BCUT2D eigenvalue weighted by Gasteiger charge is 2.13. The van der Waals surface area contributed by atoms with Crippen molar-refractivity contribution in [3.05, 3.63) is 36.0 Å². The predicted molar refractivity (Wildman–Crippen MR) is 79.7 cm³/mol. The van der Waals surface area contributed by atoms with Gasteiger partial charge in [-0.05, 0) is 19.1 Å². The highest BCUT2D eigenvalue weighted by Crippen LogP contribution is 2.26. The number of ether oxygens (including phenoxy) is 2. The lowest BCUT2D eigenvalue weighted by Gasteiger charge is -2.11. The first-order valence-electron chi connectivity index (χ1n) is 6.72. The number of anilines is 1. The van der Waals surface area contributed by atoms with Crippen LogP contribution in [0, 0.1) is 11.3 Å². The van der Waals surface area contributed by atoms with Crippen LogP contribution in [-0.2, 0) is 11.8 Å². The lowest BCUT2D eigenvalue weighted by Crippen LogP contribution is -2.22. The molecule has 0 spiro atoms. The van der Waals surface area contributed by atoms with Crippen LogP contribution in [0.15, 0.2) is 30.5 Å². The predicted octanol–water partition coefficient (Wildman–Crippen LogP) is 1.71. The maximum atomic E-state index is 11.9. The molecule has 2 aromatic rings. The van der Waals surface area contributed by atoms with Gasteiger partial charge < -0.3 is 14.8 Å². The first kappa shape index (κ1) is 15.4. The molecule has 0 fully saturated rings. The Morgan fingerprint density at radius 2 is 2.05 bits per heavy atom. The number of hydrogen-bond donors (Lipinski definition) is 1. The molecule has 7 nitrogen and oxygen atoms in total. The van der Waals surface area contributed by atoms with Gasteiger partial charge in [0.15, 0.2) is 18.1 Å². The van der Waals surface area contributed by atoms with Crippen molar-refractivity contribution in [2.75, 3.05) is 18.5 Å². The Labute approximate surface area is 128 Å². The van der Waals surface area contributed by atoms with Gasteiger partial charge in [0.1, 0.15) is 17.5 Å². The van der Waals surface area contributed by atoms with E-state index in [1.54, 1.807) is 25.2 Å². The second kappa shape index (κ2) is 7.13. The summed E-state index contributed by atoms with van der Waals surface area (Å²) in [5.41, 5.74) is 0.297. The fraction of sp³-hybridized carbons (Fsp3) is 0.267. The van der Waals surface area contributed by atoms with Crippen LogP contribution in [0.4, 0.5) is 5.82 Å². The van der Waals surface area contributed by atoms with Crippen molar-refractivity contribution in [2.24, 2.45) is 7.05 Å². The highest BCUT2D eigenvalue weighted by atomic mass is 16.5. The minimum absolute atomic E-state index is 0.194. The molecule has 0 aliphatic heterocycles. The fourth-order valence-corrected chi connectivity index (χ4v) is 1.82. The topological polar surface area (TPSA) is 89.2 Å². The van der Waals surface area contributed by atoms with Crippen molar-refractivity contribution in [3.63, 3.8) is 0 Å². The average molecular weight is 300 g/mol. The molecule has 1 heterocycles. The Bertz CT molecular complexity index is 703. The normalized spacial score (nSPS) is 9.86. The number of carbonyl (C=O) groups excluding carboxylic acids is 1. The zero-order chi connectivity index (χ0) is 15.9. The van der Waals surface area contributed by atoms with Gasteiger partial charge in [-0.1, -0.05) is 12.1 Å². The van der Waals surface area contributed by atoms with Gasteiger partial charge in [0, 0.05) is 7.05 Å². The van der Waals surface area contributed by atoms with E-state index in [-0.39, 0.29) is 12.5 Å². The molecular weight excluding hydrogens is 284 g/mol. The lowest BCUT2D eigenvalue weighted by atomic mass is 10.3. The van der Waals surface area contributed by atoms with Crippen molar-refractivity contribution in [1.29, 1.82) is 5.26 Å². The summed E-state index contributed by atoms with van der Waals surface area (Å²) < 4.78 is 12.3. The highest BCUT2D eigenvalue weighted by molar-refractivity contribution is 5.92. The number of aromatic nitrogens is 2. The Morgan fingerprint density at radius 1 is 1.36 bits per heavy atom. The van der Waals surface area contributed by atoms with E-state index in [4.69, 9.17) is 14.7 Å². The number of amides is 1. The minimum Gasteiger partial charge on any atom is -0.490 e. The van der Waals surface area contributed by atoms with E-state index in [1.807, 2.05) is 19.1 Å². The van der Waals surface area contributed by atoms with Crippen molar-refractivity contribution in [3.8, 4) is 17.6 Å². The molecule has 22 heavy (non-hydrogen) atoms. The van der Waals surface area contributed by atoms with Crippen molar-refractivity contribution < 1.29 is 14.3 Å². The van der Waals surface area contributed by atoms with Gasteiger partial charge in [-0.15, -0.1) is 0 Å². The summed E-state index contributed by atoms with van der Waals surface area (Å²) in [5, 5.41) is 15.5. The van der Waals surface area contributed by atoms with Crippen molar-refractivity contribution in [2.45, 2.75) is 6.92 Å². The molecule has 1 N–H and O–H groups in total. The summed E-state index contributed by atoms with van der Waals surface area (Å²) in [4.78, 5) is 11.9. The largest absolute Gasteiger partial charge is 0.490 e. The van der Waals surface area contributed by atoms with E-state index < -0.39 is 0 Å². The molecule has 0 atom stereocenters. The molecule has 1 amide bonds. The second-order valence-corrected chi connectivity index (χ2v) is 4.36. The summed E-state index contributed by atoms with van der Waals surface area (Å²) >= 11 is 0. The number of benzene rings is 1. The van der Waals surface area contributed by atoms with Gasteiger partial charge in [-0.25, -0.2) is 0 Å².